The van der Waals surface area contributed by atoms with E-state index in [1.165, 1.54) is 13.2 Å². The van der Waals surface area contributed by atoms with Crippen molar-refractivity contribution in [2.75, 3.05) is 18.6 Å². The third-order valence-electron chi connectivity index (χ3n) is 4.37. The average Bonchev–Trinajstić information content (AvgIpc) is 2.72. The summed E-state index contributed by atoms with van der Waals surface area (Å²) in [6.07, 6.45) is 3.37. The summed E-state index contributed by atoms with van der Waals surface area (Å²) in [7, 11) is 1.52. The Bertz CT molecular complexity index is 953. The fourth-order valence-electron chi connectivity index (χ4n) is 2.86. The van der Waals surface area contributed by atoms with E-state index >= 15 is 0 Å². The fraction of sp³-hybridized carbons (Fsp3) is 0.227. The van der Waals surface area contributed by atoms with Gasteiger partial charge in [0.15, 0.2) is 11.5 Å². The molecule has 3 rings (SSSR count). The fourth-order valence-corrected chi connectivity index (χ4v) is 2.86. The van der Waals surface area contributed by atoms with Crippen molar-refractivity contribution in [3.05, 3.63) is 59.7 Å². The zero-order valence-corrected chi connectivity index (χ0v) is 16.3. The van der Waals surface area contributed by atoms with Gasteiger partial charge in [-0.2, -0.15) is 0 Å². The highest BCUT2D eigenvalue weighted by atomic mass is 16.5. The van der Waals surface area contributed by atoms with Crippen molar-refractivity contribution in [1.29, 1.82) is 0 Å². The van der Waals surface area contributed by atoms with Crippen molar-refractivity contribution in [1.82, 2.24) is 5.32 Å². The Morgan fingerprint density at radius 1 is 1.03 bits per heavy atom. The van der Waals surface area contributed by atoms with Crippen LogP contribution in [0.5, 0.6) is 11.5 Å². The van der Waals surface area contributed by atoms with E-state index < -0.39 is 17.8 Å². The maximum Gasteiger partial charge on any atom is 0.335 e. The number of hydrogen-bond acceptors (Lipinski definition) is 5. The van der Waals surface area contributed by atoms with Gasteiger partial charge in [0.25, 0.3) is 11.8 Å². The Labute approximate surface area is 168 Å². The summed E-state index contributed by atoms with van der Waals surface area (Å²) in [4.78, 5) is 38.3. The van der Waals surface area contributed by atoms with Crippen LogP contribution in [0.1, 0.15) is 25.3 Å². The van der Waals surface area contributed by atoms with Crippen molar-refractivity contribution in [3.63, 3.8) is 0 Å². The van der Waals surface area contributed by atoms with Crippen molar-refractivity contribution >= 4 is 29.6 Å². The van der Waals surface area contributed by atoms with E-state index in [-0.39, 0.29) is 5.57 Å². The van der Waals surface area contributed by atoms with E-state index in [1.54, 1.807) is 48.5 Å². The number of carbonyl (C=O) groups is 3. The third-order valence-corrected chi connectivity index (χ3v) is 4.37. The number of ether oxygens (including phenoxy) is 2. The summed E-state index contributed by atoms with van der Waals surface area (Å²) in [5.74, 6) is -0.347. The minimum absolute atomic E-state index is 0.143. The monoisotopic (exact) mass is 394 g/mol. The molecule has 4 amide bonds. The minimum Gasteiger partial charge on any atom is -0.493 e. The number of methoxy groups -OCH3 is 1. The molecule has 0 atom stereocenters. The van der Waals surface area contributed by atoms with Gasteiger partial charge in [0.2, 0.25) is 0 Å². The standard InChI is InChI=1S/C22H22N2O5/c1-3-4-12-29-18-11-10-15(14-19(18)28-2)13-17-20(25)23-22(27)24(21(17)26)16-8-6-5-7-9-16/h5-11,13-14H,3-4,12H2,1-2H3,(H,23,25,27). The summed E-state index contributed by atoms with van der Waals surface area (Å²) < 4.78 is 11.1. The molecule has 2 aromatic rings. The van der Waals surface area contributed by atoms with Gasteiger partial charge in [-0.25, -0.2) is 9.69 Å². The van der Waals surface area contributed by atoms with Crippen LogP contribution in [-0.2, 0) is 9.59 Å². The second-order valence-electron chi connectivity index (χ2n) is 6.41. The predicted molar refractivity (Wildman–Crippen MR) is 109 cm³/mol. The molecule has 29 heavy (non-hydrogen) atoms. The van der Waals surface area contributed by atoms with E-state index in [0.29, 0.717) is 29.4 Å². The van der Waals surface area contributed by atoms with Crippen LogP contribution >= 0.6 is 0 Å². The van der Waals surface area contributed by atoms with Crippen LogP contribution in [0.25, 0.3) is 6.08 Å². The molecule has 1 heterocycles. The maximum atomic E-state index is 12.9. The Kier molecular flexibility index (Phi) is 6.29. The molecule has 0 aromatic heterocycles. The lowest BCUT2D eigenvalue weighted by Gasteiger charge is -2.26. The van der Waals surface area contributed by atoms with Gasteiger partial charge in [-0.1, -0.05) is 37.6 Å². The molecule has 0 radical (unpaired) electrons. The summed E-state index contributed by atoms with van der Waals surface area (Å²) in [5.41, 5.74) is 0.811. The van der Waals surface area contributed by atoms with Crippen LogP contribution in [-0.4, -0.2) is 31.6 Å². The van der Waals surface area contributed by atoms with Gasteiger partial charge in [0, 0.05) is 0 Å². The van der Waals surface area contributed by atoms with Crippen LogP contribution in [0.3, 0.4) is 0 Å². The Morgan fingerprint density at radius 2 is 1.79 bits per heavy atom. The first kappa shape index (κ1) is 20.1. The van der Waals surface area contributed by atoms with Gasteiger partial charge >= 0.3 is 6.03 Å². The number of urea groups is 1. The summed E-state index contributed by atoms with van der Waals surface area (Å²) in [5, 5.41) is 2.21. The number of benzene rings is 2. The Hall–Kier alpha value is -3.61. The molecule has 0 unspecified atom stereocenters. The normalized spacial score (nSPS) is 15.4. The molecule has 0 bridgehead atoms. The number of imide groups is 2. The SMILES string of the molecule is CCCCOc1ccc(C=C2C(=O)NC(=O)N(c3ccccc3)C2=O)cc1OC. The molecular weight excluding hydrogens is 372 g/mol. The summed E-state index contributed by atoms with van der Waals surface area (Å²) in [6.45, 7) is 2.65. The molecule has 1 aliphatic heterocycles. The zero-order chi connectivity index (χ0) is 20.8. The minimum atomic E-state index is -0.777. The second-order valence-corrected chi connectivity index (χ2v) is 6.41. The number of para-hydroxylation sites is 1. The molecule has 2 aromatic carbocycles. The van der Waals surface area contributed by atoms with E-state index in [9.17, 15) is 14.4 Å². The lowest BCUT2D eigenvalue weighted by Crippen LogP contribution is -2.54. The lowest BCUT2D eigenvalue weighted by atomic mass is 10.1. The van der Waals surface area contributed by atoms with Crippen molar-refractivity contribution in [2.24, 2.45) is 0 Å². The number of anilines is 1. The Morgan fingerprint density at radius 3 is 2.48 bits per heavy atom. The first-order chi connectivity index (χ1) is 14.0. The van der Waals surface area contributed by atoms with Crippen molar-refractivity contribution in [2.45, 2.75) is 19.8 Å². The van der Waals surface area contributed by atoms with Gasteiger partial charge in [0.05, 0.1) is 19.4 Å². The van der Waals surface area contributed by atoms with Gasteiger partial charge < -0.3 is 9.47 Å². The molecule has 1 saturated heterocycles. The van der Waals surface area contributed by atoms with Crippen LogP contribution in [0.2, 0.25) is 0 Å². The van der Waals surface area contributed by atoms with Crippen molar-refractivity contribution < 1.29 is 23.9 Å². The van der Waals surface area contributed by atoms with E-state index in [4.69, 9.17) is 9.47 Å². The molecule has 7 nitrogen and oxygen atoms in total. The van der Waals surface area contributed by atoms with Crippen LogP contribution in [0, 0.1) is 0 Å². The highest BCUT2D eigenvalue weighted by Crippen LogP contribution is 2.30. The highest BCUT2D eigenvalue weighted by Gasteiger charge is 2.36. The topological polar surface area (TPSA) is 84.9 Å². The number of nitrogens with zero attached hydrogens (tertiary/aromatic N) is 1. The average molecular weight is 394 g/mol. The Balaban J connectivity index is 1.91. The lowest BCUT2D eigenvalue weighted by molar-refractivity contribution is -0.122. The highest BCUT2D eigenvalue weighted by molar-refractivity contribution is 6.39. The van der Waals surface area contributed by atoms with Gasteiger partial charge in [0.1, 0.15) is 5.57 Å². The van der Waals surface area contributed by atoms with Crippen molar-refractivity contribution in [3.8, 4) is 11.5 Å². The molecule has 0 aliphatic carbocycles. The summed E-state index contributed by atoms with van der Waals surface area (Å²) in [6, 6.07) is 12.8. The number of unbranched alkanes of at least 4 members (excludes halogenated alkanes) is 1. The van der Waals surface area contributed by atoms with Gasteiger partial charge in [-0.3, -0.25) is 14.9 Å². The molecule has 1 aliphatic rings. The molecule has 0 saturated carbocycles. The number of nitrogens with one attached hydrogen (secondary N) is 1. The number of rotatable bonds is 7. The number of hydrogen-bond donors (Lipinski definition) is 1. The van der Waals surface area contributed by atoms with Crippen LogP contribution in [0.15, 0.2) is 54.1 Å². The van der Waals surface area contributed by atoms with E-state index in [1.807, 2.05) is 0 Å². The van der Waals surface area contributed by atoms with Crippen LogP contribution in [0.4, 0.5) is 10.5 Å². The smallest absolute Gasteiger partial charge is 0.335 e. The first-order valence-electron chi connectivity index (χ1n) is 9.32. The second kappa shape index (κ2) is 9.05. The number of amides is 4. The molecule has 1 N–H and O–H groups in total. The zero-order valence-electron chi connectivity index (χ0n) is 16.3. The number of carbonyl (C=O) groups excluding carboxylic acids is 3. The molecule has 0 spiro atoms. The van der Waals surface area contributed by atoms with Gasteiger partial charge in [-0.05, 0) is 42.3 Å². The van der Waals surface area contributed by atoms with Gasteiger partial charge in [-0.15, -0.1) is 0 Å². The predicted octanol–water partition coefficient (Wildman–Crippen LogP) is 3.54. The molecule has 7 heteroatoms. The molecular formula is C22H22N2O5. The molecule has 1 fully saturated rings. The van der Waals surface area contributed by atoms with Crippen LogP contribution < -0.4 is 19.7 Å². The number of barbiturate groups is 1. The first-order valence-corrected chi connectivity index (χ1v) is 9.32. The third kappa shape index (κ3) is 4.45. The summed E-state index contributed by atoms with van der Waals surface area (Å²) >= 11 is 0. The maximum absolute atomic E-state index is 12.9. The molecule has 150 valence electrons. The quantitative estimate of drug-likeness (QED) is 0.441. The van der Waals surface area contributed by atoms with E-state index in [2.05, 4.69) is 12.2 Å². The van der Waals surface area contributed by atoms with E-state index in [0.717, 1.165) is 17.7 Å². The largest absolute Gasteiger partial charge is 0.493 e.